The Morgan fingerprint density at radius 2 is 2.17 bits per heavy atom. The molecule has 0 aromatic carbocycles. The smallest absolute Gasteiger partial charge is 0.162 e. The van der Waals surface area contributed by atoms with E-state index in [4.69, 9.17) is 0 Å². The van der Waals surface area contributed by atoms with E-state index in [9.17, 15) is 0 Å². The number of aromatic nitrogens is 4. The molecule has 12 heavy (non-hydrogen) atoms. The summed E-state index contributed by atoms with van der Waals surface area (Å²) in [6, 6.07) is 0. The highest BCUT2D eigenvalue weighted by molar-refractivity contribution is 5.85. The number of halogens is 1. The second kappa shape index (κ2) is 3.36. The van der Waals surface area contributed by atoms with E-state index in [1.807, 2.05) is 0 Å². The maximum Gasteiger partial charge on any atom is 0.162 e. The van der Waals surface area contributed by atoms with Gasteiger partial charge in [0.1, 0.15) is 12.0 Å². The third kappa shape index (κ3) is 1.18. The van der Waals surface area contributed by atoms with Crippen LogP contribution in [0.3, 0.4) is 0 Å². The van der Waals surface area contributed by atoms with Crippen LogP contribution in [0.2, 0.25) is 0 Å². The van der Waals surface area contributed by atoms with Crippen LogP contribution in [0.4, 0.5) is 5.82 Å². The molecule has 6 heteroatoms. The van der Waals surface area contributed by atoms with Crippen molar-refractivity contribution in [1.82, 2.24) is 19.9 Å². The van der Waals surface area contributed by atoms with Crippen LogP contribution in [0.25, 0.3) is 11.5 Å². The lowest BCUT2D eigenvalue weighted by Crippen LogP contribution is -1.97. The molecule has 64 valence electrons. The summed E-state index contributed by atoms with van der Waals surface area (Å²) in [6.07, 6.45) is 3.09. The van der Waals surface area contributed by atoms with Crippen molar-refractivity contribution in [3.05, 3.63) is 12.7 Å². The van der Waals surface area contributed by atoms with E-state index >= 15 is 0 Å². The molecule has 0 aromatic heterocycles. The number of hydrogen-bond acceptors (Lipinski definition) is 4. The average Bonchev–Trinajstić information content (AvgIpc) is 2.50. The van der Waals surface area contributed by atoms with Gasteiger partial charge in [0.15, 0.2) is 11.6 Å². The van der Waals surface area contributed by atoms with Crippen LogP contribution < -0.4 is 5.32 Å². The van der Waals surface area contributed by atoms with Crippen LogP contribution in [0.5, 0.6) is 0 Å². The summed E-state index contributed by atoms with van der Waals surface area (Å²) in [7, 11) is 1.80. The molecule has 2 rings (SSSR count). The van der Waals surface area contributed by atoms with Crippen molar-refractivity contribution in [2.45, 2.75) is 0 Å². The lowest BCUT2D eigenvalue weighted by atomic mass is 10.4. The zero-order valence-electron chi connectivity index (χ0n) is 6.40. The predicted molar refractivity (Wildman–Crippen MR) is 47.6 cm³/mol. The van der Waals surface area contributed by atoms with Crippen LogP contribution in [-0.4, -0.2) is 27.0 Å². The zero-order chi connectivity index (χ0) is 7.68. The highest BCUT2D eigenvalue weighted by Gasteiger charge is 2.09. The Hall–Kier alpha value is -1.36. The number of nitrogens with one attached hydrogen (secondary N) is 2. The van der Waals surface area contributed by atoms with E-state index in [1.165, 1.54) is 6.33 Å². The monoisotopic (exact) mass is 185 g/mol. The number of rotatable bonds is 1. The Kier molecular flexibility index (Phi) is 2.44. The first-order valence-electron chi connectivity index (χ1n) is 3.23. The number of nitrogens with zero attached hydrogens (tertiary/aromatic N) is 3. The molecular weight excluding hydrogens is 178 g/mol. The molecular formula is C6H8ClN5. The van der Waals surface area contributed by atoms with Crippen molar-refractivity contribution in [2.24, 2.45) is 0 Å². The Morgan fingerprint density at radius 1 is 1.33 bits per heavy atom. The summed E-state index contributed by atoms with van der Waals surface area (Å²) < 4.78 is 0. The maximum absolute atomic E-state index is 4.03. The summed E-state index contributed by atoms with van der Waals surface area (Å²) in [5.74, 6) is 1.50. The Bertz CT molecular complexity index is 333. The molecule has 5 nitrogen and oxygen atoms in total. The van der Waals surface area contributed by atoms with E-state index in [0.29, 0.717) is 0 Å². The number of fused-ring (bicyclic) bond motifs is 1. The molecule has 0 bridgehead atoms. The molecule has 0 atom stereocenters. The van der Waals surface area contributed by atoms with Crippen molar-refractivity contribution in [2.75, 3.05) is 12.4 Å². The molecule has 0 aliphatic carbocycles. The van der Waals surface area contributed by atoms with Crippen molar-refractivity contribution >= 4 is 18.2 Å². The molecule has 0 saturated heterocycles. The van der Waals surface area contributed by atoms with Gasteiger partial charge in [0, 0.05) is 7.05 Å². The van der Waals surface area contributed by atoms with Crippen molar-refractivity contribution in [1.29, 1.82) is 0 Å². The maximum atomic E-state index is 4.03. The predicted octanol–water partition coefficient (Wildman–Crippen LogP) is 0.768. The summed E-state index contributed by atoms with van der Waals surface area (Å²) >= 11 is 0. The van der Waals surface area contributed by atoms with Crippen LogP contribution in [-0.2, 0) is 0 Å². The van der Waals surface area contributed by atoms with E-state index < -0.39 is 0 Å². The number of hydrogen-bond donors (Lipinski definition) is 2. The average molecular weight is 186 g/mol. The molecule has 0 radical (unpaired) electrons. The fourth-order valence-electron chi connectivity index (χ4n) is 0.948. The van der Waals surface area contributed by atoms with Crippen LogP contribution >= 0.6 is 12.4 Å². The number of aromatic amines is 1. The quantitative estimate of drug-likeness (QED) is 0.689. The number of H-pyrrole nitrogens is 1. The molecule has 0 spiro atoms. The lowest BCUT2D eigenvalue weighted by Gasteiger charge is -2.01. The minimum atomic E-state index is 0. The van der Waals surface area contributed by atoms with Gasteiger partial charge in [-0.1, -0.05) is 0 Å². The van der Waals surface area contributed by atoms with Gasteiger partial charge in [0.2, 0.25) is 0 Å². The fourth-order valence-corrected chi connectivity index (χ4v) is 0.948. The van der Waals surface area contributed by atoms with Crippen molar-refractivity contribution in [3.63, 3.8) is 0 Å². The molecule has 0 saturated carbocycles. The minimum Gasteiger partial charge on any atom is -0.371 e. The Balaban J connectivity index is 0.000000720. The topological polar surface area (TPSA) is 66.5 Å². The van der Waals surface area contributed by atoms with Gasteiger partial charge in [-0.25, -0.2) is 15.0 Å². The third-order valence-electron chi connectivity index (χ3n) is 1.45. The highest BCUT2D eigenvalue weighted by atomic mass is 35.5. The van der Waals surface area contributed by atoms with Gasteiger partial charge in [0.05, 0.1) is 6.33 Å². The van der Waals surface area contributed by atoms with Gasteiger partial charge in [-0.15, -0.1) is 12.4 Å². The summed E-state index contributed by atoms with van der Waals surface area (Å²) in [5.41, 5.74) is 0.773. The van der Waals surface area contributed by atoms with E-state index in [1.54, 1.807) is 13.4 Å². The Labute approximate surface area is 75.4 Å². The Morgan fingerprint density at radius 3 is 2.92 bits per heavy atom. The van der Waals surface area contributed by atoms with Gasteiger partial charge in [0.25, 0.3) is 0 Å². The first kappa shape index (κ1) is 8.73. The first-order valence-corrected chi connectivity index (χ1v) is 3.23. The van der Waals surface area contributed by atoms with Crippen LogP contribution in [0, 0.1) is 0 Å². The van der Waals surface area contributed by atoms with Gasteiger partial charge in [-0.3, -0.25) is 0 Å². The van der Waals surface area contributed by atoms with E-state index in [2.05, 4.69) is 25.3 Å². The minimum absolute atomic E-state index is 0. The molecule has 0 fully saturated rings. The summed E-state index contributed by atoms with van der Waals surface area (Å²) in [5, 5.41) is 2.92. The summed E-state index contributed by atoms with van der Waals surface area (Å²) in [6.45, 7) is 0. The van der Waals surface area contributed by atoms with E-state index in [-0.39, 0.29) is 12.4 Å². The molecule has 2 heterocycles. The number of anilines is 1. The largest absolute Gasteiger partial charge is 0.371 e. The normalized spacial score (nSPS) is 9.42. The van der Waals surface area contributed by atoms with Crippen LogP contribution in [0.15, 0.2) is 12.7 Å². The zero-order valence-corrected chi connectivity index (χ0v) is 7.22. The molecule has 0 aromatic rings. The van der Waals surface area contributed by atoms with Gasteiger partial charge < -0.3 is 10.3 Å². The summed E-state index contributed by atoms with van der Waals surface area (Å²) in [4.78, 5) is 14.9. The number of imidazole rings is 1. The standard InChI is InChI=1S/C6H7N5.ClH/c1-7-5-4-6(10-2-8-4)11-3-9-5;/h2-3H,1H3,(H2,7,8,9,10,11);1H. The van der Waals surface area contributed by atoms with Gasteiger partial charge in [-0.05, 0) is 0 Å². The van der Waals surface area contributed by atoms with Gasteiger partial charge in [-0.2, -0.15) is 0 Å². The SMILES string of the molecule is CNc1nc[nH]c2ncnc1-2.Cl. The fraction of sp³-hybridized carbons (Fsp3) is 0.167. The molecule has 2 aliphatic rings. The molecule has 0 unspecified atom stereocenters. The van der Waals surface area contributed by atoms with Crippen molar-refractivity contribution in [3.8, 4) is 11.5 Å². The lowest BCUT2D eigenvalue weighted by molar-refractivity contribution is 1.12. The third-order valence-corrected chi connectivity index (χ3v) is 1.45. The van der Waals surface area contributed by atoms with Crippen LogP contribution in [0.1, 0.15) is 0 Å². The second-order valence-corrected chi connectivity index (χ2v) is 2.07. The highest BCUT2D eigenvalue weighted by Crippen LogP contribution is 2.19. The van der Waals surface area contributed by atoms with Gasteiger partial charge >= 0.3 is 0 Å². The molecule has 2 aliphatic heterocycles. The van der Waals surface area contributed by atoms with E-state index in [0.717, 1.165) is 17.3 Å². The molecule has 0 amide bonds. The molecule has 2 N–H and O–H groups in total. The second-order valence-electron chi connectivity index (χ2n) is 2.07. The first-order chi connectivity index (χ1) is 5.42. The van der Waals surface area contributed by atoms with Crippen molar-refractivity contribution < 1.29 is 0 Å².